The highest BCUT2D eigenvalue weighted by Crippen LogP contribution is 2.29. The molecule has 0 heterocycles. The predicted octanol–water partition coefficient (Wildman–Crippen LogP) is 7.05. The van der Waals surface area contributed by atoms with Crippen molar-refractivity contribution in [3.8, 4) is 0 Å². The zero-order chi connectivity index (χ0) is 32.4. The molecule has 0 aliphatic rings. The molecule has 1 atom stereocenters. The maximum Gasteiger partial charge on any atom is 0.264 e. The number of nitrogens with one attached hydrogen (secondary N) is 1. The summed E-state index contributed by atoms with van der Waals surface area (Å²) in [4.78, 5) is 29.8. The molecule has 0 aromatic heterocycles. The third-order valence-electron chi connectivity index (χ3n) is 7.39. The molecule has 2 amide bonds. The van der Waals surface area contributed by atoms with Crippen LogP contribution in [0.2, 0.25) is 10.0 Å². The van der Waals surface area contributed by atoms with Crippen LogP contribution in [-0.2, 0) is 32.6 Å². The fraction of sp³-hybridized carbons (Fsp3) is 0.257. The van der Waals surface area contributed by atoms with Gasteiger partial charge in [-0.1, -0.05) is 103 Å². The SMILES string of the molecule is CCCCNC(=O)[C@@H](Cc1ccccc1)N(Cc1c(Cl)cccc1Cl)C(=O)CN(c1cccc(C)c1)S(=O)(=O)c1ccccc1. The van der Waals surface area contributed by atoms with Crippen molar-refractivity contribution >= 4 is 50.7 Å². The number of rotatable bonds is 14. The lowest BCUT2D eigenvalue weighted by Gasteiger charge is -2.34. The molecule has 0 aliphatic carbocycles. The minimum absolute atomic E-state index is 0.0400. The van der Waals surface area contributed by atoms with Gasteiger partial charge in [-0.15, -0.1) is 0 Å². The van der Waals surface area contributed by atoms with Gasteiger partial charge >= 0.3 is 0 Å². The van der Waals surface area contributed by atoms with Crippen LogP contribution in [0.1, 0.15) is 36.5 Å². The molecule has 0 radical (unpaired) electrons. The highest BCUT2D eigenvalue weighted by atomic mass is 35.5. The Morgan fingerprint density at radius 3 is 2.09 bits per heavy atom. The quantitative estimate of drug-likeness (QED) is 0.146. The van der Waals surface area contributed by atoms with E-state index < -0.39 is 28.5 Å². The smallest absolute Gasteiger partial charge is 0.264 e. The number of sulfonamides is 1. The average Bonchev–Trinajstić information content (AvgIpc) is 3.03. The first kappa shape index (κ1) is 34.0. The normalized spacial score (nSPS) is 11.9. The van der Waals surface area contributed by atoms with E-state index in [1.807, 2.05) is 50.2 Å². The van der Waals surface area contributed by atoms with Crippen LogP contribution in [0.15, 0.2) is 108 Å². The van der Waals surface area contributed by atoms with Crippen LogP contribution in [-0.4, -0.2) is 44.3 Å². The molecule has 7 nitrogen and oxygen atoms in total. The molecule has 45 heavy (non-hydrogen) atoms. The highest BCUT2D eigenvalue weighted by molar-refractivity contribution is 7.92. The molecule has 0 aliphatic heterocycles. The number of benzene rings is 4. The van der Waals surface area contributed by atoms with Gasteiger partial charge < -0.3 is 10.2 Å². The van der Waals surface area contributed by atoms with E-state index >= 15 is 0 Å². The van der Waals surface area contributed by atoms with Crippen LogP contribution in [0.25, 0.3) is 0 Å². The Hall–Kier alpha value is -3.85. The van der Waals surface area contributed by atoms with E-state index in [2.05, 4.69) is 5.32 Å². The molecular formula is C35H37Cl2N3O4S. The largest absolute Gasteiger partial charge is 0.354 e. The van der Waals surface area contributed by atoms with Crippen LogP contribution in [0.3, 0.4) is 0 Å². The van der Waals surface area contributed by atoms with Crippen molar-refractivity contribution in [3.05, 3.63) is 130 Å². The van der Waals surface area contributed by atoms with E-state index in [0.717, 1.165) is 28.3 Å². The van der Waals surface area contributed by atoms with Gasteiger partial charge in [-0.25, -0.2) is 8.42 Å². The summed E-state index contributed by atoms with van der Waals surface area (Å²) in [5, 5.41) is 3.63. The molecule has 1 N–H and O–H groups in total. The number of amides is 2. The lowest BCUT2D eigenvalue weighted by atomic mass is 10.0. The second-order valence-electron chi connectivity index (χ2n) is 10.7. The van der Waals surface area contributed by atoms with Gasteiger partial charge in [0, 0.05) is 35.1 Å². The number of anilines is 1. The van der Waals surface area contributed by atoms with Gasteiger partial charge in [-0.05, 0) is 60.9 Å². The van der Waals surface area contributed by atoms with Gasteiger partial charge in [0.1, 0.15) is 12.6 Å². The predicted molar refractivity (Wildman–Crippen MR) is 181 cm³/mol. The van der Waals surface area contributed by atoms with Gasteiger partial charge in [0.15, 0.2) is 0 Å². The van der Waals surface area contributed by atoms with Crippen molar-refractivity contribution in [2.24, 2.45) is 0 Å². The summed E-state index contributed by atoms with van der Waals surface area (Å²) in [5.74, 6) is -0.935. The summed E-state index contributed by atoms with van der Waals surface area (Å²) >= 11 is 13.1. The third-order valence-corrected chi connectivity index (χ3v) is 9.89. The van der Waals surface area contributed by atoms with E-state index in [1.54, 1.807) is 54.6 Å². The molecule has 4 aromatic carbocycles. The number of halogens is 2. The van der Waals surface area contributed by atoms with Gasteiger partial charge in [0.25, 0.3) is 10.0 Å². The Bertz CT molecular complexity index is 1680. The zero-order valence-electron chi connectivity index (χ0n) is 25.3. The second kappa shape index (κ2) is 15.9. The maximum absolute atomic E-state index is 14.5. The van der Waals surface area contributed by atoms with E-state index in [9.17, 15) is 18.0 Å². The number of carbonyl (C=O) groups excluding carboxylic acids is 2. The van der Waals surface area contributed by atoms with E-state index in [1.165, 1.54) is 17.0 Å². The summed E-state index contributed by atoms with van der Waals surface area (Å²) in [6, 6.07) is 28.3. The number of carbonyl (C=O) groups is 2. The molecule has 0 spiro atoms. The van der Waals surface area contributed by atoms with E-state index in [4.69, 9.17) is 23.2 Å². The number of hydrogen-bond acceptors (Lipinski definition) is 4. The average molecular weight is 667 g/mol. The Morgan fingerprint density at radius 1 is 0.844 bits per heavy atom. The minimum Gasteiger partial charge on any atom is -0.354 e. The van der Waals surface area contributed by atoms with Crippen LogP contribution in [0, 0.1) is 6.92 Å². The van der Waals surface area contributed by atoms with Crippen molar-refractivity contribution in [3.63, 3.8) is 0 Å². The Kier molecular flexibility index (Phi) is 12.0. The standard InChI is InChI=1S/C35H37Cl2N3O4S/c1-3-4-21-38-35(42)33(23-27-14-7-5-8-15-27)39(24-30-31(36)19-12-20-32(30)37)34(41)25-40(28-16-11-13-26(2)22-28)45(43,44)29-17-9-6-10-18-29/h5-20,22,33H,3-4,21,23-25H2,1-2H3,(H,38,42)/t33-/m1/s1. The molecule has 4 aromatic rings. The van der Waals surface area contributed by atoms with E-state index in [0.29, 0.717) is 27.8 Å². The summed E-state index contributed by atoms with van der Waals surface area (Å²) < 4.78 is 29.2. The van der Waals surface area contributed by atoms with Crippen LogP contribution in [0.5, 0.6) is 0 Å². The molecule has 0 bridgehead atoms. The van der Waals surface area contributed by atoms with Crippen LogP contribution < -0.4 is 9.62 Å². The Labute approximate surface area is 275 Å². The molecule has 0 fully saturated rings. The van der Waals surface area contributed by atoms with Crippen molar-refractivity contribution in [2.45, 2.75) is 50.6 Å². The fourth-order valence-electron chi connectivity index (χ4n) is 4.95. The topological polar surface area (TPSA) is 86.8 Å². The highest BCUT2D eigenvalue weighted by Gasteiger charge is 2.35. The van der Waals surface area contributed by atoms with Gasteiger partial charge in [0.2, 0.25) is 11.8 Å². The number of hydrogen-bond donors (Lipinski definition) is 1. The number of unbranched alkanes of at least 4 members (excludes halogenated alkanes) is 1. The van der Waals surface area contributed by atoms with E-state index in [-0.39, 0.29) is 23.8 Å². The summed E-state index contributed by atoms with van der Waals surface area (Å²) in [5.41, 5.74) is 2.45. The van der Waals surface area contributed by atoms with Gasteiger partial charge in [-0.2, -0.15) is 0 Å². The monoisotopic (exact) mass is 665 g/mol. The van der Waals surface area contributed by atoms with Crippen molar-refractivity contribution in [1.82, 2.24) is 10.2 Å². The molecule has 0 unspecified atom stereocenters. The zero-order valence-corrected chi connectivity index (χ0v) is 27.7. The summed E-state index contributed by atoms with van der Waals surface area (Å²) in [6.45, 7) is 3.64. The van der Waals surface area contributed by atoms with Crippen molar-refractivity contribution in [2.75, 3.05) is 17.4 Å². The fourth-order valence-corrected chi connectivity index (χ4v) is 6.89. The third kappa shape index (κ3) is 8.87. The minimum atomic E-state index is -4.18. The van der Waals surface area contributed by atoms with Crippen LogP contribution >= 0.6 is 23.2 Å². The van der Waals surface area contributed by atoms with Gasteiger partial charge in [0.05, 0.1) is 10.6 Å². The van der Waals surface area contributed by atoms with Crippen molar-refractivity contribution < 1.29 is 18.0 Å². The lowest BCUT2D eigenvalue weighted by molar-refractivity contribution is -0.140. The molecule has 4 rings (SSSR count). The second-order valence-corrected chi connectivity index (χ2v) is 13.4. The molecule has 0 saturated heterocycles. The summed E-state index contributed by atoms with van der Waals surface area (Å²) in [7, 11) is -4.18. The number of nitrogens with zero attached hydrogens (tertiary/aromatic N) is 2. The molecule has 0 saturated carbocycles. The Balaban J connectivity index is 1.82. The first-order valence-corrected chi connectivity index (χ1v) is 17.0. The maximum atomic E-state index is 14.5. The van der Waals surface area contributed by atoms with Crippen molar-refractivity contribution in [1.29, 1.82) is 0 Å². The number of aryl methyl sites for hydroxylation is 1. The molecule has 236 valence electrons. The first-order chi connectivity index (χ1) is 21.6. The lowest BCUT2D eigenvalue weighted by Crippen LogP contribution is -2.53. The Morgan fingerprint density at radius 2 is 1.47 bits per heavy atom. The van der Waals surface area contributed by atoms with Crippen LogP contribution in [0.4, 0.5) is 5.69 Å². The van der Waals surface area contributed by atoms with Gasteiger partial charge in [-0.3, -0.25) is 13.9 Å². The molecule has 10 heteroatoms. The molecular weight excluding hydrogens is 629 g/mol. The first-order valence-electron chi connectivity index (χ1n) is 14.8. The summed E-state index contributed by atoms with van der Waals surface area (Å²) in [6.07, 6.45) is 1.84.